The highest BCUT2D eigenvalue weighted by atomic mass is 32.2. The van der Waals surface area contributed by atoms with E-state index in [2.05, 4.69) is 27.1 Å². The van der Waals surface area contributed by atoms with E-state index in [0.717, 1.165) is 22.2 Å². The lowest BCUT2D eigenvalue weighted by atomic mass is 10.2. The van der Waals surface area contributed by atoms with E-state index in [1.54, 1.807) is 17.5 Å². The Morgan fingerprint density at radius 2 is 2.11 bits per heavy atom. The van der Waals surface area contributed by atoms with Crippen molar-refractivity contribution in [1.29, 1.82) is 5.26 Å². The molecule has 0 saturated heterocycles. The van der Waals surface area contributed by atoms with E-state index in [0.29, 0.717) is 10.7 Å². The third-order valence-corrected chi connectivity index (χ3v) is 4.42. The number of hydrogen-bond acceptors (Lipinski definition) is 7. The van der Waals surface area contributed by atoms with Gasteiger partial charge in [0.15, 0.2) is 10.0 Å². The average molecular weight is 291 g/mol. The van der Waals surface area contributed by atoms with Crippen molar-refractivity contribution >= 4 is 23.1 Å². The fourth-order valence-corrected chi connectivity index (χ4v) is 3.33. The SMILES string of the molecule is CCCCCc1nnc(Sc2nccnc2C#N)s1. The minimum atomic E-state index is 0.329. The number of aryl methyl sites for hydroxylation is 1. The molecule has 0 fully saturated rings. The summed E-state index contributed by atoms with van der Waals surface area (Å²) in [5.74, 6) is 0. The molecule has 2 heterocycles. The summed E-state index contributed by atoms with van der Waals surface area (Å²) in [6, 6.07) is 2.03. The number of unbranched alkanes of at least 4 members (excludes halogenated alkanes) is 2. The van der Waals surface area contributed by atoms with Crippen LogP contribution in [0.25, 0.3) is 0 Å². The molecule has 0 radical (unpaired) electrons. The lowest BCUT2D eigenvalue weighted by molar-refractivity contribution is 0.709. The highest BCUT2D eigenvalue weighted by molar-refractivity contribution is 8.01. The molecule has 0 atom stereocenters. The van der Waals surface area contributed by atoms with Crippen molar-refractivity contribution in [2.24, 2.45) is 0 Å². The van der Waals surface area contributed by atoms with Crippen LogP contribution in [-0.2, 0) is 6.42 Å². The second-order valence-electron chi connectivity index (χ2n) is 3.84. The molecule has 2 aromatic heterocycles. The van der Waals surface area contributed by atoms with Crippen LogP contribution < -0.4 is 0 Å². The minimum absolute atomic E-state index is 0.329. The third kappa shape index (κ3) is 3.98. The lowest BCUT2D eigenvalue weighted by Crippen LogP contribution is -1.89. The molecule has 0 aliphatic rings. The summed E-state index contributed by atoms with van der Waals surface area (Å²) in [6.45, 7) is 2.18. The molecule has 0 amide bonds. The van der Waals surface area contributed by atoms with Gasteiger partial charge in [-0.15, -0.1) is 10.2 Å². The Bertz CT molecular complexity index is 575. The number of nitrogens with zero attached hydrogens (tertiary/aromatic N) is 5. The number of hydrogen-bond donors (Lipinski definition) is 0. The first-order valence-electron chi connectivity index (χ1n) is 6.04. The van der Waals surface area contributed by atoms with Gasteiger partial charge in [0.05, 0.1) is 0 Å². The molecule has 0 spiro atoms. The number of nitriles is 1. The lowest BCUT2D eigenvalue weighted by Gasteiger charge is -1.96. The standard InChI is InChI=1S/C12H13N5S2/c1-2-3-4-5-10-16-17-12(18-10)19-11-9(8-13)14-6-7-15-11/h6-7H,2-5H2,1H3. The van der Waals surface area contributed by atoms with Gasteiger partial charge in [0, 0.05) is 18.8 Å². The van der Waals surface area contributed by atoms with Gasteiger partial charge in [-0.2, -0.15) is 5.26 Å². The molecule has 0 aliphatic heterocycles. The van der Waals surface area contributed by atoms with Gasteiger partial charge < -0.3 is 0 Å². The zero-order valence-corrected chi connectivity index (χ0v) is 12.2. The predicted octanol–water partition coefficient (Wildman–Crippen LogP) is 3.08. The van der Waals surface area contributed by atoms with Crippen molar-refractivity contribution in [2.75, 3.05) is 0 Å². The zero-order valence-electron chi connectivity index (χ0n) is 10.5. The molecule has 0 bridgehead atoms. The quantitative estimate of drug-likeness (QED) is 0.761. The summed E-state index contributed by atoms with van der Waals surface area (Å²) in [7, 11) is 0. The Labute approximate surface area is 120 Å². The fourth-order valence-electron chi connectivity index (χ4n) is 1.47. The molecule has 2 aromatic rings. The van der Waals surface area contributed by atoms with Gasteiger partial charge in [-0.05, 0) is 18.2 Å². The third-order valence-electron chi connectivity index (χ3n) is 2.40. The van der Waals surface area contributed by atoms with Gasteiger partial charge in [-0.25, -0.2) is 9.97 Å². The molecule has 19 heavy (non-hydrogen) atoms. The molecular weight excluding hydrogens is 278 g/mol. The largest absolute Gasteiger partial charge is 0.245 e. The van der Waals surface area contributed by atoms with Crippen LogP contribution in [0.4, 0.5) is 0 Å². The Morgan fingerprint density at radius 1 is 1.26 bits per heavy atom. The first-order valence-corrected chi connectivity index (χ1v) is 7.68. The van der Waals surface area contributed by atoms with E-state index in [-0.39, 0.29) is 0 Å². The van der Waals surface area contributed by atoms with Crippen LogP contribution in [0, 0.1) is 11.3 Å². The van der Waals surface area contributed by atoms with E-state index >= 15 is 0 Å². The van der Waals surface area contributed by atoms with Crippen LogP contribution in [0.2, 0.25) is 0 Å². The molecule has 5 nitrogen and oxygen atoms in total. The molecule has 0 unspecified atom stereocenters. The number of rotatable bonds is 6. The highest BCUT2D eigenvalue weighted by Crippen LogP contribution is 2.30. The Hall–Kier alpha value is -1.52. The normalized spacial score (nSPS) is 10.3. The summed E-state index contributed by atoms with van der Waals surface area (Å²) in [6.07, 6.45) is 7.61. The van der Waals surface area contributed by atoms with E-state index in [1.165, 1.54) is 30.8 Å². The van der Waals surface area contributed by atoms with Gasteiger partial charge in [0.2, 0.25) is 0 Å². The van der Waals surface area contributed by atoms with Crippen molar-refractivity contribution in [2.45, 2.75) is 42.0 Å². The molecule has 0 N–H and O–H groups in total. The number of aromatic nitrogens is 4. The topological polar surface area (TPSA) is 75.3 Å². The Balaban J connectivity index is 2.02. The smallest absolute Gasteiger partial charge is 0.180 e. The van der Waals surface area contributed by atoms with Gasteiger partial charge in [-0.3, -0.25) is 0 Å². The van der Waals surface area contributed by atoms with Gasteiger partial charge in [0.1, 0.15) is 16.1 Å². The van der Waals surface area contributed by atoms with E-state index in [4.69, 9.17) is 5.26 Å². The fraction of sp³-hybridized carbons (Fsp3) is 0.417. The van der Waals surface area contributed by atoms with Gasteiger partial charge in [-0.1, -0.05) is 31.1 Å². The first kappa shape index (κ1) is 13.9. The summed E-state index contributed by atoms with van der Waals surface area (Å²) < 4.78 is 0.809. The second kappa shape index (κ2) is 7.16. The van der Waals surface area contributed by atoms with Gasteiger partial charge in [0.25, 0.3) is 0 Å². The molecular formula is C12H13N5S2. The molecule has 0 aliphatic carbocycles. The summed E-state index contributed by atoms with van der Waals surface area (Å²) in [5.41, 5.74) is 0.329. The van der Waals surface area contributed by atoms with E-state index < -0.39 is 0 Å². The minimum Gasteiger partial charge on any atom is -0.245 e. The first-order chi connectivity index (χ1) is 9.33. The monoisotopic (exact) mass is 291 g/mol. The molecule has 98 valence electrons. The van der Waals surface area contributed by atoms with Crippen LogP contribution in [0.5, 0.6) is 0 Å². The van der Waals surface area contributed by atoms with Gasteiger partial charge >= 0.3 is 0 Å². The van der Waals surface area contributed by atoms with Crippen LogP contribution in [-0.4, -0.2) is 20.2 Å². The van der Waals surface area contributed by atoms with Crippen molar-refractivity contribution in [1.82, 2.24) is 20.2 Å². The van der Waals surface area contributed by atoms with Crippen molar-refractivity contribution < 1.29 is 0 Å². The molecule has 2 rings (SSSR count). The van der Waals surface area contributed by atoms with E-state index in [1.807, 2.05) is 6.07 Å². The van der Waals surface area contributed by atoms with Crippen molar-refractivity contribution in [3.05, 3.63) is 23.1 Å². The maximum absolute atomic E-state index is 8.95. The Morgan fingerprint density at radius 3 is 2.89 bits per heavy atom. The van der Waals surface area contributed by atoms with E-state index in [9.17, 15) is 0 Å². The summed E-state index contributed by atoms with van der Waals surface area (Å²) in [5, 5.41) is 18.8. The van der Waals surface area contributed by atoms with Crippen LogP contribution in [0.15, 0.2) is 21.8 Å². The predicted molar refractivity (Wildman–Crippen MR) is 74.0 cm³/mol. The highest BCUT2D eigenvalue weighted by Gasteiger charge is 2.10. The van der Waals surface area contributed by atoms with Crippen molar-refractivity contribution in [3.8, 4) is 6.07 Å². The Kier molecular flexibility index (Phi) is 5.24. The molecule has 0 saturated carbocycles. The average Bonchev–Trinajstić information content (AvgIpc) is 2.87. The maximum Gasteiger partial charge on any atom is 0.180 e. The second-order valence-corrected chi connectivity index (χ2v) is 6.14. The summed E-state index contributed by atoms with van der Waals surface area (Å²) >= 11 is 2.91. The van der Waals surface area contributed by atoms with Crippen LogP contribution in [0.1, 0.15) is 36.9 Å². The van der Waals surface area contributed by atoms with Crippen molar-refractivity contribution in [3.63, 3.8) is 0 Å². The maximum atomic E-state index is 8.95. The van der Waals surface area contributed by atoms with Crippen LogP contribution in [0.3, 0.4) is 0 Å². The van der Waals surface area contributed by atoms with Crippen LogP contribution >= 0.6 is 23.1 Å². The summed E-state index contributed by atoms with van der Waals surface area (Å²) in [4.78, 5) is 8.12. The zero-order chi connectivity index (χ0) is 13.5. The molecule has 0 aromatic carbocycles. The molecule has 7 heteroatoms.